The van der Waals surface area contributed by atoms with E-state index in [9.17, 15) is 4.79 Å². The lowest BCUT2D eigenvalue weighted by Crippen LogP contribution is -2.30. The summed E-state index contributed by atoms with van der Waals surface area (Å²) in [7, 11) is 5.12. The molecule has 0 bridgehead atoms. The number of likely N-dealkylation sites (N-methyl/N-ethyl adjacent to an activating group) is 1. The van der Waals surface area contributed by atoms with Gasteiger partial charge < -0.3 is 14.8 Å². The third kappa shape index (κ3) is 5.13. The Hall–Kier alpha value is -2.24. The van der Waals surface area contributed by atoms with Crippen LogP contribution in [0.2, 0.25) is 5.02 Å². The Morgan fingerprint density at radius 3 is 2.38 bits per heavy atom. The van der Waals surface area contributed by atoms with Gasteiger partial charge in [-0.2, -0.15) is 0 Å². The molecule has 0 fully saturated rings. The van der Waals surface area contributed by atoms with Crippen LogP contribution in [0.1, 0.15) is 16.7 Å². The van der Waals surface area contributed by atoms with Gasteiger partial charge in [0.05, 0.1) is 31.5 Å². The summed E-state index contributed by atoms with van der Waals surface area (Å²) in [4.78, 5) is 14.2. The molecule has 0 aliphatic carbocycles. The third-order valence-corrected chi connectivity index (χ3v) is 4.41. The van der Waals surface area contributed by atoms with Crippen molar-refractivity contribution in [2.75, 3.05) is 33.1 Å². The van der Waals surface area contributed by atoms with E-state index >= 15 is 0 Å². The Kier molecular flexibility index (Phi) is 6.89. The summed E-state index contributed by atoms with van der Waals surface area (Å²) in [6, 6.07) is 9.44. The van der Waals surface area contributed by atoms with Gasteiger partial charge in [0.2, 0.25) is 5.91 Å². The highest BCUT2D eigenvalue weighted by atomic mass is 35.5. The van der Waals surface area contributed by atoms with Gasteiger partial charge in [-0.1, -0.05) is 17.7 Å². The molecule has 140 valence electrons. The van der Waals surface area contributed by atoms with Gasteiger partial charge in [0.25, 0.3) is 0 Å². The van der Waals surface area contributed by atoms with Crippen molar-refractivity contribution in [2.24, 2.45) is 0 Å². The lowest BCUT2D eigenvalue weighted by Gasteiger charge is -2.19. The quantitative estimate of drug-likeness (QED) is 0.792. The van der Waals surface area contributed by atoms with Gasteiger partial charge in [-0.15, -0.1) is 0 Å². The molecule has 1 N–H and O–H groups in total. The Bertz CT molecular complexity index is 793. The van der Waals surface area contributed by atoms with Gasteiger partial charge in [0.15, 0.2) is 11.5 Å². The van der Waals surface area contributed by atoms with Gasteiger partial charge in [0.1, 0.15) is 0 Å². The molecule has 26 heavy (non-hydrogen) atoms. The molecule has 0 spiro atoms. The van der Waals surface area contributed by atoms with Crippen LogP contribution >= 0.6 is 11.6 Å². The zero-order valence-corrected chi connectivity index (χ0v) is 16.6. The summed E-state index contributed by atoms with van der Waals surface area (Å²) < 4.78 is 10.7. The minimum Gasteiger partial charge on any atom is -0.493 e. The maximum atomic E-state index is 12.3. The van der Waals surface area contributed by atoms with Crippen molar-refractivity contribution < 1.29 is 14.3 Å². The average molecular weight is 377 g/mol. The van der Waals surface area contributed by atoms with Crippen LogP contribution in [0, 0.1) is 13.8 Å². The summed E-state index contributed by atoms with van der Waals surface area (Å²) in [5.41, 5.74) is 3.83. The predicted octanol–water partition coefficient (Wildman–Crippen LogP) is 4.04. The van der Waals surface area contributed by atoms with Gasteiger partial charge in [-0.3, -0.25) is 9.69 Å². The van der Waals surface area contributed by atoms with Gasteiger partial charge in [-0.25, -0.2) is 0 Å². The number of benzene rings is 2. The van der Waals surface area contributed by atoms with Crippen molar-refractivity contribution >= 4 is 23.2 Å². The number of methoxy groups -OCH3 is 2. The highest BCUT2D eigenvalue weighted by Gasteiger charge is 2.13. The largest absolute Gasteiger partial charge is 0.493 e. The molecule has 0 heterocycles. The number of rotatable bonds is 7. The maximum absolute atomic E-state index is 12.3. The number of amides is 1. The van der Waals surface area contributed by atoms with E-state index in [0.717, 1.165) is 16.7 Å². The van der Waals surface area contributed by atoms with Crippen molar-refractivity contribution in [2.45, 2.75) is 20.4 Å². The van der Waals surface area contributed by atoms with Gasteiger partial charge in [-0.05, 0) is 61.9 Å². The molecule has 1 amide bonds. The van der Waals surface area contributed by atoms with Crippen molar-refractivity contribution in [3.8, 4) is 11.5 Å². The van der Waals surface area contributed by atoms with E-state index in [2.05, 4.69) is 5.32 Å². The third-order valence-electron chi connectivity index (χ3n) is 4.09. The molecule has 0 radical (unpaired) electrons. The number of hydrogen-bond acceptors (Lipinski definition) is 4. The fourth-order valence-electron chi connectivity index (χ4n) is 2.70. The Morgan fingerprint density at radius 2 is 1.77 bits per heavy atom. The molecule has 0 saturated heterocycles. The van der Waals surface area contributed by atoms with E-state index in [4.69, 9.17) is 21.1 Å². The molecule has 2 rings (SSSR count). The van der Waals surface area contributed by atoms with Crippen molar-refractivity contribution in [1.29, 1.82) is 0 Å². The summed E-state index contributed by atoms with van der Waals surface area (Å²) in [5, 5.41) is 3.39. The van der Waals surface area contributed by atoms with E-state index in [-0.39, 0.29) is 12.5 Å². The number of carbonyl (C=O) groups excluding carboxylic acids is 1. The predicted molar refractivity (Wildman–Crippen MR) is 105 cm³/mol. The highest BCUT2D eigenvalue weighted by Crippen LogP contribution is 2.30. The second-order valence-electron chi connectivity index (χ2n) is 6.34. The molecule has 2 aromatic carbocycles. The summed E-state index contributed by atoms with van der Waals surface area (Å²) in [5.74, 6) is 1.26. The minimum atomic E-state index is -0.114. The first-order valence-corrected chi connectivity index (χ1v) is 8.68. The normalized spacial score (nSPS) is 10.7. The van der Waals surface area contributed by atoms with Crippen LogP contribution in [0.5, 0.6) is 11.5 Å². The number of ether oxygens (including phenoxy) is 2. The lowest BCUT2D eigenvalue weighted by atomic mass is 10.1. The van der Waals surface area contributed by atoms with Crippen LogP contribution in [-0.4, -0.2) is 38.6 Å². The van der Waals surface area contributed by atoms with Gasteiger partial charge in [0, 0.05) is 6.54 Å². The number of carbonyl (C=O) groups is 1. The standard InChI is InChI=1S/C20H25ClN2O3/c1-13-6-7-17(16(21)8-13)22-20(24)12-23(3)11-15-10-19(26-5)18(25-4)9-14(15)2/h6-10H,11-12H2,1-5H3,(H,22,24). The molecule has 0 aromatic heterocycles. The average Bonchev–Trinajstić information content (AvgIpc) is 2.58. The number of hydrogen-bond donors (Lipinski definition) is 1. The summed E-state index contributed by atoms with van der Waals surface area (Å²) in [6.07, 6.45) is 0. The van der Waals surface area contributed by atoms with Crippen LogP contribution in [0.4, 0.5) is 5.69 Å². The van der Waals surface area contributed by atoms with Crippen LogP contribution in [0.15, 0.2) is 30.3 Å². The molecule has 6 heteroatoms. The van der Waals surface area contributed by atoms with Crippen molar-refractivity contribution in [3.63, 3.8) is 0 Å². The molecule has 5 nitrogen and oxygen atoms in total. The minimum absolute atomic E-state index is 0.114. The van der Waals surface area contributed by atoms with Crippen LogP contribution in [0.3, 0.4) is 0 Å². The van der Waals surface area contributed by atoms with E-state index in [1.54, 1.807) is 14.2 Å². The molecule has 0 unspecified atom stereocenters. The zero-order valence-electron chi connectivity index (χ0n) is 15.9. The molecular formula is C20H25ClN2O3. The molecule has 0 atom stereocenters. The molecule has 0 aliphatic heterocycles. The van der Waals surface area contributed by atoms with E-state index in [1.165, 1.54) is 0 Å². The van der Waals surface area contributed by atoms with E-state index in [1.807, 2.05) is 56.1 Å². The monoisotopic (exact) mass is 376 g/mol. The number of nitrogens with one attached hydrogen (secondary N) is 1. The van der Waals surface area contributed by atoms with Gasteiger partial charge >= 0.3 is 0 Å². The second-order valence-corrected chi connectivity index (χ2v) is 6.74. The molecule has 0 saturated carbocycles. The fourth-order valence-corrected chi connectivity index (χ4v) is 2.98. The Balaban J connectivity index is 2.01. The first-order valence-electron chi connectivity index (χ1n) is 8.30. The first-order chi connectivity index (χ1) is 12.3. The smallest absolute Gasteiger partial charge is 0.238 e. The van der Waals surface area contributed by atoms with Crippen LogP contribution in [-0.2, 0) is 11.3 Å². The topological polar surface area (TPSA) is 50.8 Å². The maximum Gasteiger partial charge on any atom is 0.238 e. The van der Waals surface area contributed by atoms with Crippen LogP contribution < -0.4 is 14.8 Å². The SMILES string of the molecule is COc1cc(C)c(CN(C)CC(=O)Nc2ccc(C)cc2Cl)cc1OC. The van der Waals surface area contributed by atoms with E-state index < -0.39 is 0 Å². The highest BCUT2D eigenvalue weighted by molar-refractivity contribution is 6.33. The van der Waals surface area contributed by atoms with E-state index in [0.29, 0.717) is 28.8 Å². The summed E-state index contributed by atoms with van der Waals surface area (Å²) in [6.45, 7) is 4.83. The zero-order chi connectivity index (χ0) is 19.3. The lowest BCUT2D eigenvalue weighted by molar-refractivity contribution is -0.117. The molecular weight excluding hydrogens is 352 g/mol. The van der Waals surface area contributed by atoms with Crippen LogP contribution in [0.25, 0.3) is 0 Å². The molecule has 2 aromatic rings. The number of nitrogens with zero attached hydrogens (tertiary/aromatic N) is 1. The van der Waals surface area contributed by atoms with Crippen molar-refractivity contribution in [3.05, 3.63) is 52.0 Å². The Morgan fingerprint density at radius 1 is 1.12 bits per heavy atom. The number of anilines is 1. The first kappa shape index (κ1) is 20.1. The fraction of sp³-hybridized carbons (Fsp3) is 0.350. The number of halogens is 1. The van der Waals surface area contributed by atoms with Crippen molar-refractivity contribution in [1.82, 2.24) is 4.90 Å². The number of aryl methyl sites for hydroxylation is 2. The summed E-state index contributed by atoms with van der Waals surface area (Å²) >= 11 is 6.17. The molecule has 0 aliphatic rings. The second kappa shape index (κ2) is 8.92. The Labute approximate surface area is 159 Å².